The summed E-state index contributed by atoms with van der Waals surface area (Å²) in [4.78, 5) is 14.6. The zero-order valence-electron chi connectivity index (χ0n) is 9.28. The number of benzene rings is 1. The number of anilines is 2. The van der Waals surface area contributed by atoms with Crippen LogP contribution in [0.4, 0.5) is 20.3 Å². The van der Waals surface area contributed by atoms with Gasteiger partial charge in [-0.2, -0.15) is 9.97 Å². The Bertz CT molecular complexity index is 738. The number of nitrogens with one attached hydrogen (secondary N) is 2. The maximum absolute atomic E-state index is 13.1. The normalized spacial score (nSPS) is 10.9. The molecule has 0 unspecified atom stereocenters. The van der Waals surface area contributed by atoms with E-state index < -0.39 is 11.6 Å². The zero-order chi connectivity index (χ0) is 13.4. The van der Waals surface area contributed by atoms with E-state index in [1.54, 1.807) is 0 Å². The molecule has 0 saturated heterocycles. The number of nitrogens with zero attached hydrogens (tertiary/aromatic N) is 3. The highest BCUT2D eigenvalue weighted by molar-refractivity contribution is 6.28. The highest BCUT2D eigenvalue weighted by atomic mass is 35.5. The van der Waals surface area contributed by atoms with Crippen LogP contribution in [0.5, 0.6) is 0 Å². The third-order valence-electron chi connectivity index (χ3n) is 2.38. The highest BCUT2D eigenvalue weighted by Gasteiger charge is 2.10. The van der Waals surface area contributed by atoms with Crippen molar-refractivity contribution in [2.75, 3.05) is 5.32 Å². The summed E-state index contributed by atoms with van der Waals surface area (Å²) in [6, 6.07) is 3.06. The van der Waals surface area contributed by atoms with Crippen molar-refractivity contribution in [1.29, 1.82) is 0 Å². The number of fused-ring (bicyclic) bond motifs is 1. The molecule has 19 heavy (non-hydrogen) atoms. The molecule has 3 rings (SSSR count). The van der Waals surface area contributed by atoms with Crippen LogP contribution in [-0.4, -0.2) is 19.9 Å². The number of imidazole rings is 1. The van der Waals surface area contributed by atoms with Gasteiger partial charge in [-0.15, -0.1) is 0 Å². The lowest BCUT2D eigenvalue weighted by Gasteiger charge is -2.06. The molecule has 0 bridgehead atoms. The van der Waals surface area contributed by atoms with Crippen molar-refractivity contribution in [3.8, 4) is 0 Å². The molecule has 1 aromatic carbocycles. The number of hydrogen-bond acceptors (Lipinski definition) is 4. The minimum absolute atomic E-state index is 0.0148. The van der Waals surface area contributed by atoms with Crippen molar-refractivity contribution >= 4 is 34.3 Å². The summed E-state index contributed by atoms with van der Waals surface area (Å²) in [5, 5.41) is 2.75. The topological polar surface area (TPSA) is 66.5 Å². The third kappa shape index (κ3) is 2.32. The lowest BCUT2D eigenvalue weighted by molar-refractivity contribution is 0.584. The van der Waals surface area contributed by atoms with Crippen LogP contribution in [0.2, 0.25) is 5.28 Å². The molecule has 2 heterocycles. The molecule has 0 saturated carbocycles. The van der Waals surface area contributed by atoms with Crippen LogP contribution < -0.4 is 5.32 Å². The first kappa shape index (κ1) is 11.8. The molecular weight excluding hydrogens is 276 g/mol. The van der Waals surface area contributed by atoms with Gasteiger partial charge in [0, 0.05) is 11.8 Å². The smallest absolute Gasteiger partial charge is 0.226 e. The lowest BCUT2D eigenvalue weighted by Crippen LogP contribution is -1.98. The van der Waals surface area contributed by atoms with Gasteiger partial charge < -0.3 is 10.3 Å². The molecule has 2 aromatic heterocycles. The standard InChI is InChI=1S/C11H6ClF2N5/c12-11-18-9-8(15-4-16-9)10(19-11)17-7-2-5(13)1-6(14)3-7/h1-4H,(H2,15,16,17,18,19). The number of H-pyrrole nitrogens is 1. The van der Waals surface area contributed by atoms with Crippen molar-refractivity contribution in [3.05, 3.63) is 41.4 Å². The van der Waals surface area contributed by atoms with E-state index in [9.17, 15) is 8.78 Å². The molecule has 0 aliphatic heterocycles. The summed E-state index contributed by atoms with van der Waals surface area (Å²) >= 11 is 5.75. The Kier molecular flexibility index (Phi) is 2.75. The monoisotopic (exact) mass is 281 g/mol. The van der Waals surface area contributed by atoms with Crippen molar-refractivity contribution in [2.45, 2.75) is 0 Å². The first-order valence-electron chi connectivity index (χ1n) is 5.21. The number of rotatable bonds is 2. The minimum atomic E-state index is -0.691. The van der Waals surface area contributed by atoms with E-state index in [-0.39, 0.29) is 16.8 Å². The summed E-state index contributed by atoms with van der Waals surface area (Å²) < 4.78 is 26.2. The predicted octanol–water partition coefficient (Wildman–Crippen LogP) is 3.03. The van der Waals surface area contributed by atoms with Crippen LogP contribution in [-0.2, 0) is 0 Å². The predicted molar refractivity (Wildman–Crippen MR) is 66.3 cm³/mol. The minimum Gasteiger partial charge on any atom is -0.340 e. The molecular formula is C11H6ClF2N5. The van der Waals surface area contributed by atoms with Gasteiger partial charge >= 0.3 is 0 Å². The molecule has 96 valence electrons. The van der Waals surface area contributed by atoms with Gasteiger partial charge in [0.05, 0.1) is 6.33 Å². The van der Waals surface area contributed by atoms with Gasteiger partial charge in [0.25, 0.3) is 0 Å². The molecule has 0 atom stereocenters. The SMILES string of the molecule is Fc1cc(F)cc(Nc2nc(Cl)nc3nc[nH]c23)c1. The van der Waals surface area contributed by atoms with Crippen LogP contribution in [0.25, 0.3) is 11.2 Å². The zero-order valence-corrected chi connectivity index (χ0v) is 10.0. The number of aromatic amines is 1. The molecule has 0 aliphatic carbocycles. The molecule has 5 nitrogen and oxygen atoms in total. The second-order valence-electron chi connectivity index (χ2n) is 3.73. The summed E-state index contributed by atoms with van der Waals surface area (Å²) in [6.07, 6.45) is 1.42. The van der Waals surface area contributed by atoms with Gasteiger partial charge in [0.2, 0.25) is 5.28 Å². The first-order chi connectivity index (χ1) is 9.11. The molecule has 3 aromatic rings. The third-order valence-corrected chi connectivity index (χ3v) is 2.55. The highest BCUT2D eigenvalue weighted by Crippen LogP contribution is 2.23. The summed E-state index contributed by atoms with van der Waals surface area (Å²) in [6.45, 7) is 0. The van der Waals surface area contributed by atoms with E-state index in [0.29, 0.717) is 11.2 Å². The van der Waals surface area contributed by atoms with Crippen LogP contribution >= 0.6 is 11.6 Å². The van der Waals surface area contributed by atoms with E-state index in [1.807, 2.05) is 0 Å². The Labute approximate surface area is 110 Å². The Hall–Kier alpha value is -2.28. The van der Waals surface area contributed by atoms with Crippen LogP contribution in [0, 0.1) is 11.6 Å². The van der Waals surface area contributed by atoms with E-state index in [0.717, 1.165) is 18.2 Å². The average molecular weight is 282 g/mol. The Morgan fingerprint density at radius 3 is 2.58 bits per heavy atom. The molecule has 8 heteroatoms. The van der Waals surface area contributed by atoms with E-state index >= 15 is 0 Å². The van der Waals surface area contributed by atoms with E-state index in [4.69, 9.17) is 11.6 Å². The van der Waals surface area contributed by atoms with Gasteiger partial charge in [-0.25, -0.2) is 13.8 Å². The second-order valence-corrected chi connectivity index (χ2v) is 4.06. The molecule has 0 amide bonds. The van der Waals surface area contributed by atoms with Crippen molar-refractivity contribution in [2.24, 2.45) is 0 Å². The van der Waals surface area contributed by atoms with E-state index in [1.165, 1.54) is 6.33 Å². The molecule has 0 fully saturated rings. The van der Waals surface area contributed by atoms with Gasteiger partial charge in [-0.3, -0.25) is 0 Å². The number of halogens is 3. The summed E-state index contributed by atoms with van der Waals surface area (Å²) in [5.74, 6) is -1.09. The molecule has 0 radical (unpaired) electrons. The van der Waals surface area contributed by atoms with Gasteiger partial charge in [0.15, 0.2) is 11.5 Å². The molecule has 0 spiro atoms. The fraction of sp³-hybridized carbons (Fsp3) is 0. The van der Waals surface area contributed by atoms with Crippen LogP contribution in [0.1, 0.15) is 0 Å². The summed E-state index contributed by atoms with van der Waals surface area (Å²) in [5.41, 5.74) is 1.07. The van der Waals surface area contributed by atoms with Crippen molar-refractivity contribution < 1.29 is 8.78 Å². The van der Waals surface area contributed by atoms with Crippen molar-refractivity contribution in [3.63, 3.8) is 0 Å². The number of hydrogen-bond donors (Lipinski definition) is 2. The maximum Gasteiger partial charge on any atom is 0.226 e. The average Bonchev–Trinajstić information content (AvgIpc) is 2.75. The van der Waals surface area contributed by atoms with E-state index in [2.05, 4.69) is 25.3 Å². The maximum atomic E-state index is 13.1. The second kappa shape index (κ2) is 4.43. The fourth-order valence-corrected chi connectivity index (χ4v) is 1.82. The van der Waals surface area contributed by atoms with Crippen LogP contribution in [0.3, 0.4) is 0 Å². The molecule has 0 aliphatic rings. The van der Waals surface area contributed by atoms with Crippen LogP contribution in [0.15, 0.2) is 24.5 Å². The summed E-state index contributed by atoms with van der Waals surface area (Å²) in [7, 11) is 0. The Balaban J connectivity index is 2.07. The van der Waals surface area contributed by atoms with Gasteiger partial charge in [0.1, 0.15) is 17.2 Å². The Morgan fingerprint density at radius 2 is 1.84 bits per heavy atom. The largest absolute Gasteiger partial charge is 0.340 e. The quantitative estimate of drug-likeness (QED) is 0.709. The first-order valence-corrected chi connectivity index (χ1v) is 5.59. The Morgan fingerprint density at radius 1 is 1.11 bits per heavy atom. The fourth-order valence-electron chi connectivity index (χ4n) is 1.66. The number of aromatic nitrogens is 4. The lowest BCUT2D eigenvalue weighted by atomic mass is 10.3. The van der Waals surface area contributed by atoms with Gasteiger partial charge in [-0.05, 0) is 23.7 Å². The van der Waals surface area contributed by atoms with Crippen molar-refractivity contribution in [1.82, 2.24) is 19.9 Å². The van der Waals surface area contributed by atoms with Gasteiger partial charge in [-0.1, -0.05) is 0 Å². The molecule has 2 N–H and O–H groups in total.